The lowest BCUT2D eigenvalue weighted by molar-refractivity contribution is 0.251. The maximum atomic E-state index is 11.9. The number of nitrogens with zero attached hydrogens (tertiary/aromatic N) is 1. The molecule has 0 atom stereocenters. The van der Waals surface area contributed by atoms with E-state index in [0.717, 1.165) is 16.0 Å². The molecular weight excluding hydrogens is 294 g/mol. The van der Waals surface area contributed by atoms with Crippen LogP contribution in [0.5, 0.6) is 0 Å². The Kier molecular flexibility index (Phi) is 4.46. The van der Waals surface area contributed by atoms with Crippen molar-refractivity contribution >= 4 is 22.5 Å². The van der Waals surface area contributed by atoms with Crippen molar-refractivity contribution in [3.05, 3.63) is 72.4 Å². The molecule has 3 aromatic rings. The van der Waals surface area contributed by atoms with E-state index in [9.17, 15) is 4.79 Å². The van der Waals surface area contributed by atoms with Crippen molar-refractivity contribution < 1.29 is 4.79 Å². The topological polar surface area (TPSA) is 54.0 Å². The number of urea groups is 1. The molecule has 0 aliphatic carbocycles. The number of benzene rings is 2. The SMILES string of the molecule is O=C(NCc1ccccc1)Nc1ncc(-c2ccccc2)s1. The molecule has 0 bridgehead atoms. The summed E-state index contributed by atoms with van der Waals surface area (Å²) < 4.78 is 0. The highest BCUT2D eigenvalue weighted by molar-refractivity contribution is 7.19. The third-order valence-electron chi connectivity index (χ3n) is 3.08. The van der Waals surface area contributed by atoms with Crippen LogP contribution in [0.4, 0.5) is 9.93 Å². The molecule has 0 saturated carbocycles. The number of thiazole rings is 1. The largest absolute Gasteiger partial charge is 0.334 e. The standard InChI is InChI=1S/C17H15N3OS/c21-16(18-11-13-7-3-1-4-8-13)20-17-19-12-15(22-17)14-9-5-2-6-10-14/h1-10,12H,11H2,(H2,18,19,20,21). The lowest BCUT2D eigenvalue weighted by Gasteiger charge is -2.05. The van der Waals surface area contributed by atoms with E-state index < -0.39 is 0 Å². The molecule has 2 aromatic carbocycles. The average Bonchev–Trinajstić information content (AvgIpc) is 3.03. The number of carbonyl (C=O) groups excluding carboxylic acids is 1. The maximum Gasteiger partial charge on any atom is 0.321 e. The van der Waals surface area contributed by atoms with Crippen molar-refractivity contribution in [2.45, 2.75) is 6.54 Å². The van der Waals surface area contributed by atoms with Gasteiger partial charge >= 0.3 is 6.03 Å². The van der Waals surface area contributed by atoms with Gasteiger partial charge in [-0.15, -0.1) is 0 Å². The molecule has 0 unspecified atom stereocenters. The summed E-state index contributed by atoms with van der Waals surface area (Å²) in [6.07, 6.45) is 1.77. The summed E-state index contributed by atoms with van der Waals surface area (Å²) in [5.74, 6) is 0. The van der Waals surface area contributed by atoms with E-state index in [-0.39, 0.29) is 6.03 Å². The molecule has 0 aliphatic heterocycles. The van der Waals surface area contributed by atoms with Crippen molar-refractivity contribution in [1.82, 2.24) is 10.3 Å². The fourth-order valence-electron chi connectivity index (χ4n) is 1.99. The number of nitrogens with one attached hydrogen (secondary N) is 2. The van der Waals surface area contributed by atoms with Crippen LogP contribution in [-0.2, 0) is 6.54 Å². The number of hydrogen-bond donors (Lipinski definition) is 2. The highest BCUT2D eigenvalue weighted by Crippen LogP contribution is 2.28. The van der Waals surface area contributed by atoms with Gasteiger partial charge in [0.1, 0.15) is 0 Å². The van der Waals surface area contributed by atoms with E-state index in [1.807, 2.05) is 60.7 Å². The van der Waals surface area contributed by atoms with Gasteiger partial charge < -0.3 is 5.32 Å². The Bertz CT molecular complexity index is 741. The number of aromatic nitrogens is 1. The van der Waals surface area contributed by atoms with Gasteiger partial charge in [0.25, 0.3) is 0 Å². The number of carbonyl (C=O) groups is 1. The highest BCUT2D eigenvalue weighted by atomic mass is 32.1. The molecule has 1 aromatic heterocycles. The molecule has 110 valence electrons. The number of hydrogen-bond acceptors (Lipinski definition) is 3. The summed E-state index contributed by atoms with van der Waals surface area (Å²) in [5, 5.41) is 6.16. The van der Waals surface area contributed by atoms with Gasteiger partial charge in [-0.2, -0.15) is 0 Å². The van der Waals surface area contributed by atoms with Gasteiger partial charge in [0.15, 0.2) is 5.13 Å². The molecule has 3 rings (SSSR count). The first-order chi connectivity index (χ1) is 10.8. The fraction of sp³-hybridized carbons (Fsp3) is 0.0588. The summed E-state index contributed by atoms with van der Waals surface area (Å²) in [6, 6.07) is 19.5. The first-order valence-electron chi connectivity index (χ1n) is 6.91. The van der Waals surface area contributed by atoms with E-state index in [1.165, 1.54) is 11.3 Å². The normalized spacial score (nSPS) is 10.2. The zero-order valence-electron chi connectivity index (χ0n) is 11.8. The van der Waals surface area contributed by atoms with E-state index in [0.29, 0.717) is 11.7 Å². The first-order valence-corrected chi connectivity index (χ1v) is 7.73. The third kappa shape index (κ3) is 3.71. The molecule has 0 radical (unpaired) electrons. The lowest BCUT2D eigenvalue weighted by atomic mass is 10.2. The summed E-state index contributed by atoms with van der Waals surface area (Å²) in [4.78, 5) is 17.1. The lowest BCUT2D eigenvalue weighted by Crippen LogP contribution is -2.28. The Morgan fingerprint density at radius 1 is 1.00 bits per heavy atom. The molecule has 5 heteroatoms. The summed E-state index contributed by atoms with van der Waals surface area (Å²) in [6.45, 7) is 0.490. The second kappa shape index (κ2) is 6.87. The minimum atomic E-state index is -0.252. The van der Waals surface area contributed by atoms with Crippen LogP contribution < -0.4 is 10.6 Å². The monoisotopic (exact) mass is 309 g/mol. The van der Waals surface area contributed by atoms with Crippen LogP contribution in [0.25, 0.3) is 10.4 Å². The van der Waals surface area contributed by atoms with Crippen LogP contribution in [0.1, 0.15) is 5.56 Å². The molecule has 0 fully saturated rings. The van der Waals surface area contributed by atoms with E-state index >= 15 is 0 Å². The molecular formula is C17H15N3OS. The molecule has 2 N–H and O–H groups in total. The quantitative estimate of drug-likeness (QED) is 0.761. The molecule has 1 heterocycles. The minimum absolute atomic E-state index is 0.252. The second-order valence-electron chi connectivity index (χ2n) is 4.69. The predicted octanol–water partition coefficient (Wildman–Crippen LogP) is 4.13. The van der Waals surface area contributed by atoms with Crippen molar-refractivity contribution in [2.75, 3.05) is 5.32 Å². The zero-order valence-corrected chi connectivity index (χ0v) is 12.6. The van der Waals surface area contributed by atoms with E-state index in [4.69, 9.17) is 0 Å². The van der Waals surface area contributed by atoms with Crippen molar-refractivity contribution in [1.29, 1.82) is 0 Å². The van der Waals surface area contributed by atoms with Crippen LogP contribution in [0.2, 0.25) is 0 Å². The number of anilines is 1. The van der Waals surface area contributed by atoms with Gasteiger partial charge in [0.2, 0.25) is 0 Å². The Morgan fingerprint density at radius 3 is 2.41 bits per heavy atom. The number of amides is 2. The minimum Gasteiger partial charge on any atom is -0.334 e. The summed E-state index contributed by atoms with van der Waals surface area (Å²) >= 11 is 1.45. The second-order valence-corrected chi connectivity index (χ2v) is 5.72. The molecule has 4 nitrogen and oxygen atoms in total. The van der Waals surface area contributed by atoms with Crippen LogP contribution >= 0.6 is 11.3 Å². The maximum absolute atomic E-state index is 11.9. The fourth-order valence-corrected chi connectivity index (χ4v) is 2.80. The van der Waals surface area contributed by atoms with Crippen molar-refractivity contribution in [3.8, 4) is 10.4 Å². The third-order valence-corrected chi connectivity index (χ3v) is 4.04. The van der Waals surface area contributed by atoms with Gasteiger partial charge in [-0.05, 0) is 11.1 Å². The van der Waals surface area contributed by atoms with Crippen molar-refractivity contribution in [2.24, 2.45) is 0 Å². The highest BCUT2D eigenvalue weighted by Gasteiger charge is 2.07. The molecule has 0 saturated heterocycles. The smallest absolute Gasteiger partial charge is 0.321 e. The molecule has 22 heavy (non-hydrogen) atoms. The Hall–Kier alpha value is -2.66. The van der Waals surface area contributed by atoms with Crippen molar-refractivity contribution in [3.63, 3.8) is 0 Å². The van der Waals surface area contributed by atoms with Gasteiger partial charge in [0, 0.05) is 12.7 Å². The van der Waals surface area contributed by atoms with Crippen LogP contribution in [-0.4, -0.2) is 11.0 Å². The van der Waals surface area contributed by atoms with Gasteiger partial charge in [-0.3, -0.25) is 5.32 Å². The summed E-state index contributed by atoms with van der Waals surface area (Å²) in [5.41, 5.74) is 2.15. The molecule has 2 amide bonds. The molecule has 0 spiro atoms. The van der Waals surface area contributed by atoms with E-state index in [2.05, 4.69) is 15.6 Å². The Balaban J connectivity index is 1.57. The van der Waals surface area contributed by atoms with Gasteiger partial charge in [-0.1, -0.05) is 72.0 Å². The number of rotatable bonds is 4. The predicted molar refractivity (Wildman–Crippen MR) is 89.9 cm³/mol. The van der Waals surface area contributed by atoms with Crippen LogP contribution in [0.15, 0.2) is 66.9 Å². The molecule has 0 aliphatic rings. The summed E-state index contributed by atoms with van der Waals surface area (Å²) in [7, 11) is 0. The van der Waals surface area contributed by atoms with Gasteiger partial charge in [0.05, 0.1) is 4.88 Å². The Labute approximate surface area is 132 Å². The van der Waals surface area contributed by atoms with E-state index in [1.54, 1.807) is 6.20 Å². The van der Waals surface area contributed by atoms with Crippen LogP contribution in [0, 0.1) is 0 Å². The zero-order chi connectivity index (χ0) is 15.2. The van der Waals surface area contributed by atoms with Gasteiger partial charge in [-0.25, -0.2) is 9.78 Å². The average molecular weight is 309 g/mol. The first kappa shape index (κ1) is 14.3. The van der Waals surface area contributed by atoms with Crippen LogP contribution in [0.3, 0.4) is 0 Å². The Morgan fingerprint density at radius 2 is 1.68 bits per heavy atom.